The number of benzene rings is 2. The van der Waals surface area contributed by atoms with E-state index in [-0.39, 0.29) is 18.4 Å². The van der Waals surface area contributed by atoms with Crippen LogP contribution >= 0.6 is 11.6 Å². The Morgan fingerprint density at radius 1 is 1.15 bits per heavy atom. The van der Waals surface area contributed by atoms with Gasteiger partial charge in [0.2, 0.25) is 6.10 Å². The Morgan fingerprint density at radius 2 is 1.82 bits per heavy atom. The summed E-state index contributed by atoms with van der Waals surface area (Å²) < 4.78 is 0. The lowest BCUT2D eigenvalue weighted by atomic mass is 9.76. The summed E-state index contributed by atoms with van der Waals surface area (Å²) in [6, 6.07) is 14.9. The molecule has 2 aliphatic rings. The quantitative estimate of drug-likeness (QED) is 0.418. The van der Waals surface area contributed by atoms with Gasteiger partial charge in [-0.2, -0.15) is 0 Å². The second-order valence-corrected chi connectivity index (χ2v) is 10.1. The van der Waals surface area contributed by atoms with Gasteiger partial charge in [0.1, 0.15) is 0 Å². The van der Waals surface area contributed by atoms with Gasteiger partial charge in [0.05, 0.1) is 0 Å². The highest BCUT2D eigenvalue weighted by Crippen LogP contribution is 2.51. The van der Waals surface area contributed by atoms with Crippen LogP contribution in [0.1, 0.15) is 48.8 Å². The summed E-state index contributed by atoms with van der Waals surface area (Å²) >= 11 is 6.37. The molecule has 0 radical (unpaired) electrons. The number of halogens is 1. The Morgan fingerprint density at radius 3 is 2.44 bits per heavy atom. The Hall–Kier alpha value is -2.49. The lowest BCUT2D eigenvalue weighted by Gasteiger charge is -2.54. The van der Waals surface area contributed by atoms with E-state index < -0.39 is 35.3 Å². The fourth-order valence-corrected chi connectivity index (χ4v) is 5.98. The number of aliphatic carboxylic acids is 2. The molecule has 9 heteroatoms. The molecule has 2 aromatic carbocycles. The third kappa shape index (κ3) is 3.99. The van der Waals surface area contributed by atoms with Crippen LogP contribution < -0.4 is 5.32 Å². The number of carboxylic acid groups (broad SMARTS) is 2. The van der Waals surface area contributed by atoms with Crippen LogP contribution in [0.3, 0.4) is 0 Å². The Kier molecular flexibility index (Phi) is 6.48. The standard InChI is InChI=1S/C25H29ClN2O6/c1-24(2)20(28(11-10-27-24)25(34,23(32)33)21(29)22(30)31)19-13-17(14-6-4-3-5-7-14)16-9-8-15(26)12-18(16)19/h3-9,12,17,19-21,27,29,34H,10-11,13H2,1-2H3,(H,30,31)(H,32,33)/t17?,19?,20?,21-,25+/m1/s1. The summed E-state index contributed by atoms with van der Waals surface area (Å²) in [6.45, 7) is 4.12. The van der Waals surface area contributed by atoms with Crippen LogP contribution in [0.4, 0.5) is 0 Å². The number of hydrogen-bond acceptors (Lipinski definition) is 6. The number of fused-ring (bicyclic) bond motifs is 1. The predicted molar refractivity (Wildman–Crippen MR) is 126 cm³/mol. The number of rotatable bonds is 6. The number of nitrogens with zero attached hydrogens (tertiary/aromatic N) is 1. The second-order valence-electron chi connectivity index (χ2n) is 9.64. The van der Waals surface area contributed by atoms with E-state index in [4.69, 9.17) is 11.6 Å². The van der Waals surface area contributed by atoms with Crippen molar-refractivity contribution in [2.24, 2.45) is 0 Å². The summed E-state index contributed by atoms with van der Waals surface area (Å²) in [4.78, 5) is 25.1. The van der Waals surface area contributed by atoms with Crippen molar-refractivity contribution in [3.63, 3.8) is 0 Å². The highest BCUT2D eigenvalue weighted by atomic mass is 35.5. The van der Waals surface area contributed by atoms with E-state index in [0.29, 0.717) is 18.0 Å². The van der Waals surface area contributed by atoms with Crippen molar-refractivity contribution in [3.05, 3.63) is 70.2 Å². The molecule has 34 heavy (non-hydrogen) atoms. The van der Waals surface area contributed by atoms with Gasteiger partial charge in [-0.3, -0.25) is 4.90 Å². The molecule has 3 unspecified atom stereocenters. The van der Waals surface area contributed by atoms with Crippen LogP contribution in [-0.2, 0) is 9.59 Å². The zero-order chi connectivity index (χ0) is 24.8. The van der Waals surface area contributed by atoms with Crippen molar-refractivity contribution in [1.29, 1.82) is 0 Å². The highest BCUT2D eigenvalue weighted by molar-refractivity contribution is 6.30. The lowest BCUT2D eigenvalue weighted by molar-refractivity contribution is -0.230. The zero-order valence-electron chi connectivity index (χ0n) is 19.0. The molecule has 0 saturated carbocycles. The molecule has 4 rings (SSSR count). The first-order chi connectivity index (χ1) is 16.0. The summed E-state index contributed by atoms with van der Waals surface area (Å²) in [7, 11) is 0. The van der Waals surface area contributed by atoms with Gasteiger partial charge >= 0.3 is 11.9 Å². The van der Waals surface area contributed by atoms with Crippen LogP contribution in [0.5, 0.6) is 0 Å². The maximum atomic E-state index is 12.3. The molecule has 5 N–H and O–H groups in total. The SMILES string of the molecule is CC1(C)NCCN([C@@](O)(C(=O)O)[C@H](O)C(=O)O)C1C1CC(c2ccccc2)c2ccc(Cl)cc21. The average molecular weight is 489 g/mol. The molecule has 1 saturated heterocycles. The zero-order valence-corrected chi connectivity index (χ0v) is 19.7. The molecule has 0 aromatic heterocycles. The molecule has 0 amide bonds. The molecule has 182 valence electrons. The number of carboxylic acids is 2. The topological polar surface area (TPSA) is 130 Å². The van der Waals surface area contributed by atoms with Crippen molar-refractivity contribution < 1.29 is 30.0 Å². The van der Waals surface area contributed by atoms with Crippen molar-refractivity contribution >= 4 is 23.5 Å². The minimum atomic E-state index is -3.01. The van der Waals surface area contributed by atoms with Crippen LogP contribution in [0.2, 0.25) is 5.02 Å². The number of carbonyl (C=O) groups is 2. The molecule has 1 heterocycles. The van der Waals surface area contributed by atoms with E-state index in [1.54, 1.807) is 0 Å². The van der Waals surface area contributed by atoms with Crippen molar-refractivity contribution in [1.82, 2.24) is 10.2 Å². The molecular formula is C25H29ClN2O6. The van der Waals surface area contributed by atoms with Gasteiger partial charge in [-0.1, -0.05) is 48.0 Å². The number of hydrogen-bond donors (Lipinski definition) is 5. The normalized spacial score (nSPS) is 26.9. The van der Waals surface area contributed by atoms with Gasteiger partial charge in [0.15, 0.2) is 0 Å². The monoisotopic (exact) mass is 488 g/mol. The fraction of sp³-hybridized carbons (Fsp3) is 0.440. The first-order valence-electron chi connectivity index (χ1n) is 11.2. The Balaban J connectivity index is 1.86. The third-order valence-electron chi connectivity index (χ3n) is 7.27. The van der Waals surface area contributed by atoms with Crippen molar-refractivity contribution in [2.75, 3.05) is 13.1 Å². The van der Waals surface area contributed by atoms with Crippen molar-refractivity contribution in [2.45, 2.75) is 55.5 Å². The van der Waals surface area contributed by atoms with E-state index in [0.717, 1.165) is 16.7 Å². The minimum Gasteiger partial charge on any atom is -0.479 e. The van der Waals surface area contributed by atoms with Gasteiger partial charge in [-0.25, -0.2) is 9.59 Å². The molecule has 2 aromatic rings. The molecule has 0 spiro atoms. The van der Waals surface area contributed by atoms with Gasteiger partial charge in [0.25, 0.3) is 5.72 Å². The van der Waals surface area contributed by atoms with E-state index in [9.17, 15) is 30.0 Å². The van der Waals surface area contributed by atoms with Crippen LogP contribution in [0.15, 0.2) is 48.5 Å². The first kappa shape index (κ1) is 24.6. The fourth-order valence-electron chi connectivity index (χ4n) is 5.80. The number of aliphatic hydroxyl groups is 2. The van der Waals surface area contributed by atoms with Crippen LogP contribution in [0, 0.1) is 0 Å². The molecule has 5 atom stereocenters. The van der Waals surface area contributed by atoms with Crippen molar-refractivity contribution in [3.8, 4) is 0 Å². The maximum Gasteiger partial charge on any atom is 0.355 e. The lowest BCUT2D eigenvalue weighted by Crippen LogP contribution is -2.76. The smallest absolute Gasteiger partial charge is 0.355 e. The number of aliphatic hydroxyl groups excluding tert-OH is 1. The molecular weight excluding hydrogens is 460 g/mol. The largest absolute Gasteiger partial charge is 0.479 e. The van der Waals surface area contributed by atoms with Gasteiger partial charge in [0, 0.05) is 41.5 Å². The molecule has 1 aliphatic carbocycles. The maximum absolute atomic E-state index is 12.3. The summed E-state index contributed by atoms with van der Waals surface area (Å²) in [6.07, 6.45) is -1.93. The minimum absolute atomic E-state index is 0.0142. The summed E-state index contributed by atoms with van der Waals surface area (Å²) in [5.74, 6) is -3.90. The average Bonchev–Trinajstić information content (AvgIpc) is 3.15. The molecule has 8 nitrogen and oxygen atoms in total. The van der Waals surface area contributed by atoms with Crippen LogP contribution in [0.25, 0.3) is 0 Å². The van der Waals surface area contributed by atoms with E-state index in [1.165, 1.54) is 4.90 Å². The Labute approximate surface area is 202 Å². The van der Waals surface area contributed by atoms with Gasteiger partial charge in [-0.05, 0) is 49.1 Å². The summed E-state index contributed by atoms with van der Waals surface area (Å²) in [5, 5.41) is 44.9. The van der Waals surface area contributed by atoms with E-state index in [1.807, 2.05) is 62.4 Å². The third-order valence-corrected chi connectivity index (χ3v) is 7.51. The Bertz CT molecular complexity index is 1090. The number of nitrogens with one attached hydrogen (secondary N) is 1. The summed E-state index contributed by atoms with van der Waals surface area (Å²) in [5.41, 5.74) is -0.666. The predicted octanol–water partition coefficient (Wildman–Crippen LogP) is 2.23. The van der Waals surface area contributed by atoms with Crippen LogP contribution in [-0.4, -0.2) is 73.8 Å². The van der Waals surface area contributed by atoms with E-state index >= 15 is 0 Å². The van der Waals surface area contributed by atoms with Gasteiger partial charge in [-0.15, -0.1) is 0 Å². The van der Waals surface area contributed by atoms with Gasteiger partial charge < -0.3 is 25.7 Å². The molecule has 0 bridgehead atoms. The van der Waals surface area contributed by atoms with E-state index in [2.05, 4.69) is 5.32 Å². The first-order valence-corrected chi connectivity index (χ1v) is 11.6. The second kappa shape index (κ2) is 8.94. The molecule has 1 aliphatic heterocycles. The highest BCUT2D eigenvalue weighted by Gasteiger charge is 2.60. The molecule has 1 fully saturated rings. The number of piperazine rings is 1.